The molecule has 0 amide bonds. The van der Waals surface area contributed by atoms with Crippen LogP contribution in [0.2, 0.25) is 0 Å². The molecule has 0 spiro atoms. The van der Waals surface area contributed by atoms with Crippen LogP contribution in [0.1, 0.15) is 25.0 Å². The summed E-state index contributed by atoms with van der Waals surface area (Å²) >= 11 is 0. The topological polar surface area (TPSA) is 44.5 Å². The zero-order chi connectivity index (χ0) is 12.7. The highest BCUT2D eigenvalue weighted by atomic mass is 19.1. The van der Waals surface area contributed by atoms with Gasteiger partial charge in [0.25, 0.3) is 0 Å². The van der Waals surface area contributed by atoms with Gasteiger partial charge in [0, 0.05) is 12.1 Å². The zero-order valence-corrected chi connectivity index (χ0v) is 10.4. The summed E-state index contributed by atoms with van der Waals surface area (Å²) in [6, 6.07) is 4.97. The first-order chi connectivity index (χ1) is 8.13. The van der Waals surface area contributed by atoms with Crippen LogP contribution in [0.3, 0.4) is 0 Å². The van der Waals surface area contributed by atoms with Gasteiger partial charge in [-0.1, -0.05) is 12.1 Å². The molecule has 17 heavy (non-hydrogen) atoms. The lowest BCUT2D eigenvalue weighted by molar-refractivity contribution is 0.0137. The number of hydrogen-bond donors (Lipinski definition) is 1. The number of rotatable bonds is 7. The van der Waals surface area contributed by atoms with E-state index in [2.05, 4.69) is 0 Å². The van der Waals surface area contributed by atoms with Gasteiger partial charge in [-0.15, -0.1) is 0 Å². The molecule has 0 radical (unpaired) electrons. The van der Waals surface area contributed by atoms with Crippen LogP contribution in [0.4, 0.5) is 4.39 Å². The predicted octanol–water partition coefficient (Wildman–Crippen LogP) is 2.23. The van der Waals surface area contributed by atoms with E-state index in [-0.39, 0.29) is 18.5 Å². The number of hydrogen-bond acceptors (Lipinski definition) is 3. The first-order valence-corrected chi connectivity index (χ1v) is 5.80. The van der Waals surface area contributed by atoms with E-state index in [1.165, 1.54) is 6.07 Å². The Balaban J connectivity index is 2.32. The van der Waals surface area contributed by atoms with E-state index in [1.54, 1.807) is 6.07 Å². The van der Waals surface area contributed by atoms with Crippen LogP contribution >= 0.6 is 0 Å². The van der Waals surface area contributed by atoms with Crippen molar-refractivity contribution in [1.82, 2.24) is 0 Å². The van der Waals surface area contributed by atoms with Crippen LogP contribution in [0.25, 0.3) is 0 Å². The fourth-order valence-electron chi connectivity index (χ4n) is 1.36. The molecule has 0 fully saturated rings. The van der Waals surface area contributed by atoms with Gasteiger partial charge in [-0.2, -0.15) is 0 Å². The molecule has 4 heteroatoms. The minimum atomic E-state index is -0.266. The molecule has 1 aromatic carbocycles. The van der Waals surface area contributed by atoms with Crippen molar-refractivity contribution >= 4 is 0 Å². The molecule has 0 unspecified atom stereocenters. The van der Waals surface area contributed by atoms with Crippen molar-refractivity contribution in [3.05, 3.63) is 35.1 Å². The first kappa shape index (κ1) is 14.1. The SMILES string of the molecule is CC(C)OCCOCc1ccc(CN)cc1F. The van der Waals surface area contributed by atoms with Crippen molar-refractivity contribution < 1.29 is 13.9 Å². The Hall–Kier alpha value is -0.970. The van der Waals surface area contributed by atoms with E-state index in [0.717, 1.165) is 5.56 Å². The van der Waals surface area contributed by atoms with Gasteiger partial charge in [0.15, 0.2) is 0 Å². The van der Waals surface area contributed by atoms with E-state index in [1.807, 2.05) is 19.9 Å². The van der Waals surface area contributed by atoms with Crippen LogP contribution in [0, 0.1) is 5.82 Å². The lowest BCUT2D eigenvalue weighted by Gasteiger charge is -2.09. The van der Waals surface area contributed by atoms with E-state index in [9.17, 15) is 4.39 Å². The molecule has 0 atom stereocenters. The van der Waals surface area contributed by atoms with E-state index in [0.29, 0.717) is 25.3 Å². The fourth-order valence-corrected chi connectivity index (χ4v) is 1.36. The lowest BCUT2D eigenvalue weighted by Crippen LogP contribution is -2.10. The van der Waals surface area contributed by atoms with Gasteiger partial charge in [-0.3, -0.25) is 0 Å². The van der Waals surface area contributed by atoms with E-state index >= 15 is 0 Å². The van der Waals surface area contributed by atoms with Crippen molar-refractivity contribution in [1.29, 1.82) is 0 Å². The highest BCUT2D eigenvalue weighted by Gasteiger charge is 2.03. The second-order valence-corrected chi connectivity index (χ2v) is 4.10. The molecule has 3 nitrogen and oxygen atoms in total. The Morgan fingerprint density at radius 1 is 1.29 bits per heavy atom. The smallest absolute Gasteiger partial charge is 0.129 e. The third-order valence-electron chi connectivity index (χ3n) is 2.29. The molecule has 2 N–H and O–H groups in total. The Morgan fingerprint density at radius 2 is 2.06 bits per heavy atom. The lowest BCUT2D eigenvalue weighted by atomic mass is 10.1. The molecule has 0 saturated heterocycles. The minimum absolute atomic E-state index is 0.194. The highest BCUT2D eigenvalue weighted by molar-refractivity contribution is 5.23. The average Bonchev–Trinajstić information content (AvgIpc) is 2.30. The van der Waals surface area contributed by atoms with Crippen LogP contribution in [0.5, 0.6) is 0 Å². The zero-order valence-electron chi connectivity index (χ0n) is 10.4. The van der Waals surface area contributed by atoms with Gasteiger partial charge in [-0.05, 0) is 25.5 Å². The number of nitrogens with two attached hydrogens (primary N) is 1. The predicted molar refractivity (Wildman–Crippen MR) is 65.0 cm³/mol. The summed E-state index contributed by atoms with van der Waals surface area (Å²) in [4.78, 5) is 0. The van der Waals surface area contributed by atoms with Crippen molar-refractivity contribution in [2.75, 3.05) is 13.2 Å². The standard InChI is InChI=1S/C13H20FNO2/c1-10(2)17-6-5-16-9-12-4-3-11(8-15)7-13(12)14/h3-4,7,10H,5-6,8-9,15H2,1-2H3. The normalized spacial score (nSPS) is 11.1. The molecule has 0 aliphatic carbocycles. The summed E-state index contributed by atoms with van der Waals surface area (Å²) in [5.41, 5.74) is 6.76. The molecular formula is C13H20FNO2. The van der Waals surface area contributed by atoms with Crippen LogP contribution in [0.15, 0.2) is 18.2 Å². The fraction of sp³-hybridized carbons (Fsp3) is 0.538. The van der Waals surface area contributed by atoms with Gasteiger partial charge < -0.3 is 15.2 Å². The second-order valence-electron chi connectivity index (χ2n) is 4.10. The molecule has 0 aromatic heterocycles. The monoisotopic (exact) mass is 241 g/mol. The van der Waals surface area contributed by atoms with Crippen LogP contribution in [-0.2, 0) is 22.6 Å². The summed E-state index contributed by atoms with van der Waals surface area (Å²) < 4.78 is 24.1. The molecule has 1 aromatic rings. The molecule has 0 saturated carbocycles. The molecule has 0 bridgehead atoms. The van der Waals surface area contributed by atoms with Gasteiger partial charge in [0.1, 0.15) is 5.82 Å². The quantitative estimate of drug-likeness (QED) is 0.744. The van der Waals surface area contributed by atoms with Gasteiger partial charge >= 0.3 is 0 Å². The maximum Gasteiger partial charge on any atom is 0.129 e. The molecule has 0 heterocycles. The third kappa shape index (κ3) is 5.26. The van der Waals surface area contributed by atoms with Crippen LogP contribution < -0.4 is 5.73 Å². The average molecular weight is 241 g/mol. The van der Waals surface area contributed by atoms with Gasteiger partial charge in [-0.25, -0.2) is 4.39 Å². The minimum Gasteiger partial charge on any atom is -0.376 e. The Labute approximate surface area is 102 Å². The Morgan fingerprint density at radius 3 is 2.65 bits per heavy atom. The van der Waals surface area contributed by atoms with Crippen molar-refractivity contribution in [3.8, 4) is 0 Å². The summed E-state index contributed by atoms with van der Waals surface area (Å²) in [6.45, 7) is 5.53. The summed E-state index contributed by atoms with van der Waals surface area (Å²) in [7, 11) is 0. The van der Waals surface area contributed by atoms with Crippen LogP contribution in [-0.4, -0.2) is 19.3 Å². The molecule has 0 aliphatic rings. The van der Waals surface area contributed by atoms with Gasteiger partial charge in [0.05, 0.1) is 25.9 Å². The third-order valence-corrected chi connectivity index (χ3v) is 2.29. The maximum absolute atomic E-state index is 13.5. The number of ether oxygens (including phenoxy) is 2. The molecular weight excluding hydrogens is 221 g/mol. The van der Waals surface area contributed by atoms with Crippen molar-refractivity contribution in [2.45, 2.75) is 33.1 Å². The first-order valence-electron chi connectivity index (χ1n) is 5.80. The summed E-state index contributed by atoms with van der Waals surface area (Å²) in [6.07, 6.45) is 0.194. The summed E-state index contributed by atoms with van der Waals surface area (Å²) in [5.74, 6) is -0.266. The van der Waals surface area contributed by atoms with Crippen molar-refractivity contribution in [2.24, 2.45) is 5.73 Å². The molecule has 96 valence electrons. The van der Waals surface area contributed by atoms with Gasteiger partial charge in [0.2, 0.25) is 0 Å². The summed E-state index contributed by atoms with van der Waals surface area (Å²) in [5, 5.41) is 0. The number of benzene rings is 1. The second kappa shape index (κ2) is 7.37. The Bertz CT molecular complexity index is 342. The number of halogens is 1. The molecule has 1 rings (SSSR count). The largest absolute Gasteiger partial charge is 0.376 e. The highest BCUT2D eigenvalue weighted by Crippen LogP contribution is 2.11. The van der Waals surface area contributed by atoms with E-state index in [4.69, 9.17) is 15.2 Å². The van der Waals surface area contributed by atoms with Crippen molar-refractivity contribution in [3.63, 3.8) is 0 Å². The van der Waals surface area contributed by atoms with E-state index < -0.39 is 0 Å². The Kier molecular flexibility index (Phi) is 6.11. The molecule has 0 aliphatic heterocycles. The maximum atomic E-state index is 13.5.